The van der Waals surface area contributed by atoms with Crippen molar-refractivity contribution in [2.75, 3.05) is 6.54 Å². The van der Waals surface area contributed by atoms with Gasteiger partial charge in [0.1, 0.15) is 17.2 Å². The lowest BCUT2D eigenvalue weighted by Crippen LogP contribution is -2.50. The zero-order valence-electron chi connectivity index (χ0n) is 20.8. The maximum absolute atomic E-state index is 13.8. The number of aliphatic hydroxyl groups excluding tert-OH is 1. The largest absolute Gasteiger partial charge is 0.444 e. The number of amides is 1. The van der Waals surface area contributed by atoms with Gasteiger partial charge in [0.2, 0.25) is 0 Å². The Morgan fingerprint density at radius 2 is 1.86 bits per heavy atom. The molecule has 5 nitrogen and oxygen atoms in total. The van der Waals surface area contributed by atoms with E-state index >= 15 is 0 Å². The normalized spacial score (nSPS) is 17.4. The number of hydrogen-bond acceptors (Lipinski definition) is 4. The zero-order valence-corrected chi connectivity index (χ0v) is 22.3. The SMILES string of the molecule is CCc1cc(Br)c2c(c1)C(NC[C@@H](O)[C@H](Cc1cc(F)cc(F)c1)NC(=O)OC(C)(C)C)CCC2. The summed E-state index contributed by atoms with van der Waals surface area (Å²) in [4.78, 5) is 12.5. The summed E-state index contributed by atoms with van der Waals surface area (Å²) in [6.45, 7) is 7.53. The van der Waals surface area contributed by atoms with E-state index in [1.54, 1.807) is 20.8 Å². The van der Waals surface area contributed by atoms with Crippen LogP contribution in [0.4, 0.5) is 13.6 Å². The quantitative estimate of drug-likeness (QED) is 0.389. The molecule has 0 spiro atoms. The number of alkyl carbamates (subject to hydrolysis) is 1. The first-order valence-electron chi connectivity index (χ1n) is 12.1. The molecule has 0 saturated carbocycles. The van der Waals surface area contributed by atoms with Gasteiger partial charge in [-0.15, -0.1) is 0 Å². The highest BCUT2D eigenvalue weighted by Gasteiger charge is 2.28. The molecule has 1 amide bonds. The van der Waals surface area contributed by atoms with Crippen molar-refractivity contribution in [2.45, 2.75) is 83.6 Å². The second-order valence-corrected chi connectivity index (χ2v) is 11.0. The number of aliphatic hydroxyl groups is 1. The van der Waals surface area contributed by atoms with Gasteiger partial charge in [-0.2, -0.15) is 0 Å². The van der Waals surface area contributed by atoms with Gasteiger partial charge in [-0.25, -0.2) is 13.6 Å². The Bertz CT molecular complexity index is 1020. The van der Waals surface area contributed by atoms with Gasteiger partial charge in [0.25, 0.3) is 0 Å². The molecule has 3 atom stereocenters. The summed E-state index contributed by atoms with van der Waals surface area (Å²) < 4.78 is 34.0. The maximum atomic E-state index is 13.8. The molecule has 8 heteroatoms. The smallest absolute Gasteiger partial charge is 0.407 e. The molecule has 1 aliphatic carbocycles. The number of benzene rings is 2. The number of carbonyl (C=O) groups is 1. The zero-order chi connectivity index (χ0) is 25.8. The minimum Gasteiger partial charge on any atom is -0.444 e. The van der Waals surface area contributed by atoms with Crippen LogP contribution < -0.4 is 10.6 Å². The molecule has 2 aromatic carbocycles. The molecule has 1 unspecified atom stereocenters. The summed E-state index contributed by atoms with van der Waals surface area (Å²) in [5.74, 6) is -1.42. The number of hydrogen-bond donors (Lipinski definition) is 3. The first-order chi connectivity index (χ1) is 16.4. The lowest BCUT2D eigenvalue weighted by atomic mass is 9.86. The van der Waals surface area contributed by atoms with Crippen molar-refractivity contribution in [3.8, 4) is 0 Å². The van der Waals surface area contributed by atoms with Crippen LogP contribution in [0.25, 0.3) is 0 Å². The molecule has 0 bridgehead atoms. The van der Waals surface area contributed by atoms with Gasteiger partial charge < -0.3 is 20.5 Å². The Morgan fingerprint density at radius 3 is 2.49 bits per heavy atom. The highest BCUT2D eigenvalue weighted by Crippen LogP contribution is 2.35. The van der Waals surface area contributed by atoms with Crippen LogP contribution in [0.3, 0.4) is 0 Å². The molecule has 192 valence electrons. The predicted octanol–water partition coefficient (Wildman–Crippen LogP) is 5.75. The van der Waals surface area contributed by atoms with Crippen LogP contribution >= 0.6 is 15.9 Å². The second-order valence-electron chi connectivity index (χ2n) is 10.2. The molecular weight excluding hydrogens is 518 g/mol. The Morgan fingerprint density at radius 1 is 1.17 bits per heavy atom. The monoisotopic (exact) mass is 552 g/mol. The molecule has 0 aromatic heterocycles. The van der Waals surface area contributed by atoms with Gasteiger partial charge in [0, 0.05) is 23.1 Å². The number of ether oxygens (including phenoxy) is 1. The van der Waals surface area contributed by atoms with Gasteiger partial charge in [-0.3, -0.25) is 0 Å². The van der Waals surface area contributed by atoms with Gasteiger partial charge >= 0.3 is 6.09 Å². The molecule has 35 heavy (non-hydrogen) atoms. The molecule has 0 fully saturated rings. The van der Waals surface area contributed by atoms with E-state index in [0.717, 1.165) is 36.2 Å². The fourth-order valence-corrected chi connectivity index (χ4v) is 5.20. The van der Waals surface area contributed by atoms with Crippen LogP contribution in [0.1, 0.15) is 68.8 Å². The molecule has 1 aliphatic rings. The third-order valence-corrected chi connectivity index (χ3v) is 6.82. The van der Waals surface area contributed by atoms with Crippen molar-refractivity contribution >= 4 is 22.0 Å². The van der Waals surface area contributed by atoms with E-state index in [1.807, 2.05) is 0 Å². The number of fused-ring (bicyclic) bond motifs is 1. The summed E-state index contributed by atoms with van der Waals surface area (Å²) in [6, 6.07) is 6.83. The van der Waals surface area contributed by atoms with Crippen molar-refractivity contribution < 1.29 is 23.4 Å². The first kappa shape index (κ1) is 27.6. The Labute approximate surface area is 214 Å². The summed E-state index contributed by atoms with van der Waals surface area (Å²) >= 11 is 3.70. The topological polar surface area (TPSA) is 70.6 Å². The minimum atomic E-state index is -1.02. The standard InChI is InChI=1S/C27H35BrF2N2O3/c1-5-16-11-21-20(22(28)12-16)7-6-8-23(21)31-15-25(33)24(32-26(34)35-27(2,3)4)13-17-9-18(29)14-19(30)10-17/h9-12,14,23-25,31,33H,5-8,13,15H2,1-4H3,(H,32,34)/t23?,24-,25+/m0/s1. The van der Waals surface area contributed by atoms with E-state index in [9.17, 15) is 18.7 Å². The highest BCUT2D eigenvalue weighted by molar-refractivity contribution is 9.10. The Hall–Kier alpha value is -2.03. The number of nitrogens with one attached hydrogen (secondary N) is 2. The van der Waals surface area contributed by atoms with Gasteiger partial charge in [0.05, 0.1) is 12.1 Å². The fourth-order valence-electron chi connectivity index (χ4n) is 4.48. The second kappa shape index (κ2) is 11.8. The van der Waals surface area contributed by atoms with Gasteiger partial charge in [-0.05, 0) is 93.3 Å². The van der Waals surface area contributed by atoms with Crippen LogP contribution in [0, 0.1) is 11.6 Å². The predicted molar refractivity (Wildman–Crippen MR) is 136 cm³/mol. The van der Waals surface area contributed by atoms with Crippen molar-refractivity contribution in [3.63, 3.8) is 0 Å². The summed E-state index contributed by atoms with van der Waals surface area (Å²) in [7, 11) is 0. The molecule has 3 rings (SSSR count). The highest BCUT2D eigenvalue weighted by atomic mass is 79.9. The van der Waals surface area contributed by atoms with Crippen LogP contribution in [-0.4, -0.2) is 35.5 Å². The van der Waals surface area contributed by atoms with Crippen LogP contribution in [-0.2, 0) is 24.0 Å². The first-order valence-corrected chi connectivity index (χ1v) is 12.9. The van der Waals surface area contributed by atoms with E-state index < -0.39 is 35.5 Å². The number of aryl methyl sites for hydroxylation is 1. The molecule has 2 aromatic rings. The van der Waals surface area contributed by atoms with Gasteiger partial charge in [-0.1, -0.05) is 28.9 Å². The summed E-state index contributed by atoms with van der Waals surface area (Å²) in [5.41, 5.74) is 3.35. The summed E-state index contributed by atoms with van der Waals surface area (Å²) in [6.07, 6.45) is 2.20. The van der Waals surface area contributed by atoms with E-state index in [2.05, 4.69) is 45.6 Å². The molecule has 0 heterocycles. The molecule has 3 N–H and O–H groups in total. The fraction of sp³-hybridized carbons (Fsp3) is 0.519. The number of rotatable bonds is 8. The average Bonchev–Trinajstić information content (AvgIpc) is 2.75. The van der Waals surface area contributed by atoms with Crippen LogP contribution in [0.15, 0.2) is 34.8 Å². The van der Waals surface area contributed by atoms with E-state index in [4.69, 9.17) is 4.74 Å². The van der Waals surface area contributed by atoms with Crippen LogP contribution in [0.2, 0.25) is 0 Å². The van der Waals surface area contributed by atoms with Crippen molar-refractivity contribution in [2.24, 2.45) is 0 Å². The summed E-state index contributed by atoms with van der Waals surface area (Å²) in [5, 5.41) is 17.2. The Kier molecular flexibility index (Phi) is 9.29. The third-order valence-electron chi connectivity index (χ3n) is 6.11. The van der Waals surface area contributed by atoms with Crippen LogP contribution in [0.5, 0.6) is 0 Å². The van der Waals surface area contributed by atoms with Crippen molar-refractivity contribution in [1.29, 1.82) is 0 Å². The third kappa shape index (κ3) is 7.98. The minimum absolute atomic E-state index is 0.0452. The molecule has 0 radical (unpaired) electrons. The molecular formula is C27H35BrF2N2O3. The Balaban J connectivity index is 1.76. The lowest BCUT2D eigenvalue weighted by Gasteiger charge is -2.31. The maximum Gasteiger partial charge on any atom is 0.407 e. The average molecular weight is 553 g/mol. The lowest BCUT2D eigenvalue weighted by molar-refractivity contribution is 0.0419. The van der Waals surface area contributed by atoms with Gasteiger partial charge in [0.15, 0.2) is 0 Å². The molecule has 0 saturated heterocycles. The van der Waals surface area contributed by atoms with Crippen molar-refractivity contribution in [3.05, 3.63) is 68.7 Å². The van der Waals surface area contributed by atoms with Crippen molar-refractivity contribution in [1.82, 2.24) is 10.6 Å². The van der Waals surface area contributed by atoms with E-state index in [1.165, 1.54) is 28.8 Å². The van der Waals surface area contributed by atoms with E-state index in [0.29, 0.717) is 5.56 Å². The molecule has 0 aliphatic heterocycles. The number of halogens is 3. The van der Waals surface area contributed by atoms with E-state index in [-0.39, 0.29) is 19.0 Å². The number of carbonyl (C=O) groups excluding carboxylic acids is 1.